The number of benzene rings is 3. The Morgan fingerprint density at radius 1 is 0.794 bits per heavy atom. The van der Waals surface area contributed by atoms with E-state index in [1.54, 1.807) is 12.4 Å². The molecule has 0 saturated heterocycles. The maximum atomic E-state index is 12.7. The van der Waals surface area contributed by atoms with Crippen molar-refractivity contribution in [1.29, 1.82) is 0 Å². The Morgan fingerprint density at radius 2 is 1.50 bits per heavy atom. The van der Waals surface area contributed by atoms with Crippen molar-refractivity contribution in [3.8, 4) is 22.5 Å². The zero-order chi connectivity index (χ0) is 23.1. The predicted molar refractivity (Wildman–Crippen MR) is 135 cm³/mol. The molecule has 3 heterocycles. The van der Waals surface area contributed by atoms with Crippen molar-refractivity contribution in [2.45, 2.75) is 6.42 Å². The first-order valence-corrected chi connectivity index (χ1v) is 11.1. The second-order valence-corrected chi connectivity index (χ2v) is 8.34. The number of nitrogens with one attached hydrogen (secondary N) is 1. The highest BCUT2D eigenvalue weighted by molar-refractivity contribution is 5.93. The van der Waals surface area contributed by atoms with Crippen LogP contribution in [0, 0.1) is 0 Å². The van der Waals surface area contributed by atoms with Crippen LogP contribution < -0.4 is 5.56 Å². The first kappa shape index (κ1) is 20.1. The lowest BCUT2D eigenvalue weighted by atomic mass is 10.1. The van der Waals surface area contributed by atoms with Gasteiger partial charge in [0.25, 0.3) is 5.56 Å². The molecule has 0 aliphatic carbocycles. The van der Waals surface area contributed by atoms with Crippen LogP contribution in [0.15, 0.2) is 96.1 Å². The second kappa shape index (κ2) is 8.08. The van der Waals surface area contributed by atoms with Gasteiger partial charge in [-0.15, -0.1) is 0 Å². The SMILES string of the molecule is Cn1c(-c2ccc(-c3ccncc3)cc2)nc2cc3[nH]c(=O)c(Cc4ccccc4)nc3cc21. The summed E-state index contributed by atoms with van der Waals surface area (Å²) in [5.41, 5.74) is 7.88. The van der Waals surface area contributed by atoms with E-state index in [4.69, 9.17) is 9.97 Å². The number of nitrogens with zero attached hydrogens (tertiary/aromatic N) is 4. The standard InChI is InChI=1S/C28H21N5O/c1-33-26-17-23-22(32-28(34)25(30-23)15-18-5-3-2-4-6-18)16-24(26)31-27(33)21-9-7-19(8-10-21)20-11-13-29-14-12-20/h2-14,16-17H,15H2,1H3,(H,32,34). The largest absolute Gasteiger partial charge is 0.327 e. The number of hydrogen-bond donors (Lipinski definition) is 1. The Kier molecular flexibility index (Phi) is 4.77. The number of rotatable bonds is 4. The third-order valence-corrected chi connectivity index (χ3v) is 6.14. The topological polar surface area (TPSA) is 76.5 Å². The lowest BCUT2D eigenvalue weighted by Crippen LogP contribution is -2.15. The van der Waals surface area contributed by atoms with E-state index in [0.717, 1.165) is 44.6 Å². The van der Waals surface area contributed by atoms with E-state index in [1.807, 2.05) is 61.6 Å². The first-order chi connectivity index (χ1) is 16.7. The Labute approximate surface area is 195 Å². The highest BCUT2D eigenvalue weighted by Crippen LogP contribution is 2.28. The predicted octanol–water partition coefficient (Wildman–Crippen LogP) is 5.13. The fraction of sp³-hybridized carbons (Fsp3) is 0.0714. The van der Waals surface area contributed by atoms with Crippen molar-refractivity contribution in [3.63, 3.8) is 0 Å². The fourth-order valence-electron chi connectivity index (χ4n) is 4.33. The van der Waals surface area contributed by atoms with E-state index in [0.29, 0.717) is 17.6 Å². The molecule has 6 rings (SSSR count). The number of aryl methyl sites for hydroxylation is 1. The number of fused-ring (bicyclic) bond motifs is 2. The minimum Gasteiger partial charge on any atom is -0.327 e. The Bertz CT molecular complexity index is 1690. The summed E-state index contributed by atoms with van der Waals surface area (Å²) < 4.78 is 2.07. The molecular formula is C28H21N5O. The molecule has 0 unspecified atom stereocenters. The van der Waals surface area contributed by atoms with Gasteiger partial charge >= 0.3 is 0 Å². The molecule has 0 spiro atoms. The zero-order valence-corrected chi connectivity index (χ0v) is 18.6. The molecule has 3 aromatic carbocycles. The van der Waals surface area contributed by atoms with Crippen LogP contribution in [0.2, 0.25) is 0 Å². The van der Waals surface area contributed by atoms with Gasteiger partial charge in [-0.1, -0.05) is 54.6 Å². The highest BCUT2D eigenvalue weighted by Gasteiger charge is 2.13. The molecule has 0 fully saturated rings. The molecule has 0 radical (unpaired) electrons. The average molecular weight is 444 g/mol. The number of pyridine rings is 1. The first-order valence-electron chi connectivity index (χ1n) is 11.1. The second-order valence-electron chi connectivity index (χ2n) is 8.34. The number of imidazole rings is 1. The highest BCUT2D eigenvalue weighted by atomic mass is 16.1. The van der Waals surface area contributed by atoms with E-state index in [2.05, 4.69) is 38.8 Å². The van der Waals surface area contributed by atoms with Gasteiger partial charge in [0.05, 0.1) is 22.1 Å². The molecule has 0 bridgehead atoms. The number of aromatic nitrogens is 5. The van der Waals surface area contributed by atoms with E-state index >= 15 is 0 Å². The van der Waals surface area contributed by atoms with Crippen LogP contribution >= 0.6 is 0 Å². The molecule has 6 nitrogen and oxygen atoms in total. The maximum absolute atomic E-state index is 12.7. The summed E-state index contributed by atoms with van der Waals surface area (Å²) in [6, 6.07) is 26.1. The Balaban J connectivity index is 1.41. The minimum atomic E-state index is -0.168. The van der Waals surface area contributed by atoms with Gasteiger partial charge in [-0.05, 0) is 41.0 Å². The van der Waals surface area contributed by atoms with Crippen LogP contribution in [0.3, 0.4) is 0 Å². The molecule has 0 aliphatic rings. The lowest BCUT2D eigenvalue weighted by Gasteiger charge is -2.06. The molecule has 0 saturated carbocycles. The number of H-pyrrole nitrogens is 1. The van der Waals surface area contributed by atoms with E-state index in [9.17, 15) is 4.79 Å². The molecule has 0 amide bonds. The third kappa shape index (κ3) is 3.55. The van der Waals surface area contributed by atoms with Crippen molar-refractivity contribution in [3.05, 3.63) is 113 Å². The number of hydrogen-bond acceptors (Lipinski definition) is 4. The van der Waals surface area contributed by atoms with Crippen LogP contribution in [0.4, 0.5) is 0 Å². The van der Waals surface area contributed by atoms with Crippen molar-refractivity contribution in [2.75, 3.05) is 0 Å². The van der Waals surface area contributed by atoms with Gasteiger partial charge in [0.1, 0.15) is 11.5 Å². The van der Waals surface area contributed by atoms with Crippen LogP contribution in [0.25, 0.3) is 44.6 Å². The van der Waals surface area contributed by atoms with Gasteiger partial charge in [-0.3, -0.25) is 9.78 Å². The summed E-state index contributed by atoms with van der Waals surface area (Å²) in [7, 11) is 2.00. The molecular weight excluding hydrogens is 422 g/mol. The van der Waals surface area contributed by atoms with Gasteiger partial charge in [-0.2, -0.15) is 0 Å². The van der Waals surface area contributed by atoms with Gasteiger partial charge in [0, 0.05) is 31.4 Å². The van der Waals surface area contributed by atoms with Crippen molar-refractivity contribution in [1.82, 2.24) is 24.5 Å². The van der Waals surface area contributed by atoms with Crippen LogP contribution in [-0.4, -0.2) is 24.5 Å². The van der Waals surface area contributed by atoms with Crippen molar-refractivity contribution in [2.24, 2.45) is 7.05 Å². The smallest absolute Gasteiger partial charge is 0.270 e. The van der Waals surface area contributed by atoms with E-state index in [1.165, 1.54) is 0 Å². The summed E-state index contributed by atoms with van der Waals surface area (Å²) in [6.07, 6.45) is 4.08. The van der Waals surface area contributed by atoms with Gasteiger partial charge in [0.15, 0.2) is 0 Å². The summed E-state index contributed by atoms with van der Waals surface area (Å²) in [5, 5.41) is 0. The van der Waals surface area contributed by atoms with Crippen molar-refractivity contribution < 1.29 is 0 Å². The Hall–Kier alpha value is -4.58. The fourth-order valence-corrected chi connectivity index (χ4v) is 4.33. The quantitative estimate of drug-likeness (QED) is 0.410. The Morgan fingerprint density at radius 3 is 2.26 bits per heavy atom. The van der Waals surface area contributed by atoms with Gasteiger partial charge in [-0.25, -0.2) is 9.97 Å². The molecule has 0 aliphatic heterocycles. The maximum Gasteiger partial charge on any atom is 0.270 e. The van der Waals surface area contributed by atoms with Gasteiger partial charge in [0.2, 0.25) is 0 Å². The molecule has 34 heavy (non-hydrogen) atoms. The summed E-state index contributed by atoms with van der Waals surface area (Å²) in [4.78, 5) is 29.3. The van der Waals surface area contributed by atoms with E-state index in [-0.39, 0.29) is 5.56 Å². The minimum absolute atomic E-state index is 0.168. The molecule has 0 atom stereocenters. The zero-order valence-electron chi connectivity index (χ0n) is 18.6. The van der Waals surface area contributed by atoms with E-state index < -0.39 is 0 Å². The molecule has 6 heteroatoms. The molecule has 1 N–H and O–H groups in total. The van der Waals surface area contributed by atoms with Crippen LogP contribution in [0.5, 0.6) is 0 Å². The number of aromatic amines is 1. The monoisotopic (exact) mass is 443 g/mol. The van der Waals surface area contributed by atoms with Crippen LogP contribution in [-0.2, 0) is 13.5 Å². The average Bonchev–Trinajstić information content (AvgIpc) is 3.20. The third-order valence-electron chi connectivity index (χ3n) is 6.14. The molecule has 3 aromatic heterocycles. The summed E-state index contributed by atoms with van der Waals surface area (Å²) in [6.45, 7) is 0. The summed E-state index contributed by atoms with van der Waals surface area (Å²) in [5.74, 6) is 0.860. The summed E-state index contributed by atoms with van der Waals surface area (Å²) >= 11 is 0. The van der Waals surface area contributed by atoms with Crippen LogP contribution in [0.1, 0.15) is 11.3 Å². The molecule has 6 aromatic rings. The normalized spacial score (nSPS) is 11.3. The van der Waals surface area contributed by atoms with Gasteiger partial charge < -0.3 is 9.55 Å². The molecule has 164 valence electrons. The lowest BCUT2D eigenvalue weighted by molar-refractivity contribution is 0.959. The van der Waals surface area contributed by atoms with Crippen molar-refractivity contribution >= 4 is 22.1 Å².